The number of carbonyl (C=O) groups excluding carboxylic acids is 2. The van der Waals surface area contributed by atoms with Gasteiger partial charge in [-0.15, -0.1) is 23.5 Å². The first-order chi connectivity index (χ1) is 13.1. The minimum atomic E-state index is -0.382. The lowest BCUT2D eigenvalue weighted by atomic mass is 9.67. The van der Waals surface area contributed by atoms with E-state index in [1.807, 2.05) is 0 Å². The Labute approximate surface area is 172 Å². The third kappa shape index (κ3) is 4.10. The van der Waals surface area contributed by atoms with Crippen molar-refractivity contribution in [3.8, 4) is 0 Å². The molecule has 3 fully saturated rings. The van der Waals surface area contributed by atoms with E-state index in [2.05, 4.69) is 33.8 Å². The number of thioether (sulfide) groups is 2. The number of ether oxygens (including phenoxy) is 1. The normalized spacial score (nSPS) is 28.7. The molecule has 1 aromatic heterocycles. The smallest absolute Gasteiger partial charge is 0.309 e. The second-order valence-corrected chi connectivity index (χ2v) is 10.9. The number of pyridine rings is 1. The summed E-state index contributed by atoms with van der Waals surface area (Å²) < 4.78 is 5.68. The van der Waals surface area contributed by atoms with Crippen LogP contribution in [-0.2, 0) is 14.3 Å². The first kappa shape index (κ1) is 19.4. The van der Waals surface area contributed by atoms with E-state index in [0.29, 0.717) is 26.8 Å². The van der Waals surface area contributed by atoms with Crippen LogP contribution in [-0.4, -0.2) is 39.1 Å². The number of amides is 1. The van der Waals surface area contributed by atoms with Crippen LogP contribution in [0.25, 0.3) is 0 Å². The Hall–Kier alpha value is -0.920. The second kappa shape index (κ2) is 8.21. The van der Waals surface area contributed by atoms with Gasteiger partial charge in [0, 0.05) is 17.7 Å². The maximum atomic E-state index is 12.6. The number of halogens is 1. The number of esters is 1. The summed E-state index contributed by atoms with van der Waals surface area (Å²) in [4.78, 5) is 28.6. The fraction of sp³-hybridized carbons (Fsp3) is 0.632. The van der Waals surface area contributed by atoms with E-state index < -0.39 is 0 Å². The molecular weight excluding hydrogens is 404 g/mol. The summed E-state index contributed by atoms with van der Waals surface area (Å²) in [5.74, 6) is 3.34. The summed E-state index contributed by atoms with van der Waals surface area (Å²) in [6.07, 6.45) is 6.95. The highest BCUT2D eigenvalue weighted by Gasteiger charge is 2.55. The number of carbonyl (C=O) groups is 2. The van der Waals surface area contributed by atoms with Gasteiger partial charge in [-0.1, -0.05) is 18.0 Å². The second-order valence-electron chi connectivity index (χ2n) is 7.43. The topological polar surface area (TPSA) is 68.3 Å². The summed E-state index contributed by atoms with van der Waals surface area (Å²) in [6.45, 7) is -0.274. The quantitative estimate of drug-likeness (QED) is 0.727. The Bertz CT molecular complexity index is 693. The van der Waals surface area contributed by atoms with Crippen molar-refractivity contribution in [1.29, 1.82) is 0 Å². The number of anilines is 1. The van der Waals surface area contributed by atoms with Gasteiger partial charge in [0.1, 0.15) is 5.82 Å². The van der Waals surface area contributed by atoms with Crippen LogP contribution in [0.1, 0.15) is 32.1 Å². The van der Waals surface area contributed by atoms with E-state index >= 15 is 0 Å². The Balaban J connectivity index is 1.30. The van der Waals surface area contributed by atoms with Crippen molar-refractivity contribution in [3.63, 3.8) is 0 Å². The lowest BCUT2D eigenvalue weighted by Crippen LogP contribution is -2.48. The Kier molecular flexibility index (Phi) is 5.90. The summed E-state index contributed by atoms with van der Waals surface area (Å²) >= 11 is 10.0. The molecule has 3 atom stereocenters. The van der Waals surface area contributed by atoms with Crippen molar-refractivity contribution in [3.05, 3.63) is 23.4 Å². The minimum Gasteiger partial charge on any atom is -0.455 e. The van der Waals surface area contributed by atoms with Gasteiger partial charge in [-0.2, -0.15) is 0 Å². The zero-order valence-electron chi connectivity index (χ0n) is 15.0. The molecule has 2 heterocycles. The van der Waals surface area contributed by atoms with Gasteiger partial charge in [-0.25, -0.2) is 4.98 Å². The molecule has 3 aliphatic rings. The first-order valence-electron chi connectivity index (χ1n) is 9.43. The third-order valence-electron chi connectivity index (χ3n) is 5.79. The van der Waals surface area contributed by atoms with Gasteiger partial charge in [-0.3, -0.25) is 9.59 Å². The zero-order valence-corrected chi connectivity index (χ0v) is 17.4. The van der Waals surface area contributed by atoms with E-state index in [0.717, 1.165) is 12.8 Å². The number of nitrogens with zero attached hydrogens (tertiary/aromatic N) is 1. The molecule has 1 amide bonds. The van der Waals surface area contributed by atoms with Gasteiger partial charge in [0.05, 0.1) is 15.0 Å². The van der Waals surface area contributed by atoms with Gasteiger partial charge in [0.2, 0.25) is 0 Å². The Morgan fingerprint density at radius 1 is 1.22 bits per heavy atom. The van der Waals surface area contributed by atoms with E-state index in [4.69, 9.17) is 16.3 Å². The molecule has 1 unspecified atom stereocenters. The van der Waals surface area contributed by atoms with Crippen molar-refractivity contribution >= 4 is 52.8 Å². The maximum absolute atomic E-state index is 12.6. The molecule has 2 saturated carbocycles. The molecule has 4 rings (SSSR count). The van der Waals surface area contributed by atoms with Crippen molar-refractivity contribution < 1.29 is 14.3 Å². The lowest BCUT2D eigenvalue weighted by molar-refractivity contribution is -0.154. The monoisotopic (exact) mass is 426 g/mol. The van der Waals surface area contributed by atoms with Crippen molar-refractivity contribution in [2.75, 3.05) is 23.4 Å². The molecule has 0 aromatic carbocycles. The lowest BCUT2D eigenvalue weighted by Gasteiger charge is -2.51. The average molecular weight is 427 g/mol. The van der Waals surface area contributed by atoms with Crippen LogP contribution >= 0.6 is 35.1 Å². The minimum absolute atomic E-state index is 0.0748. The van der Waals surface area contributed by atoms with E-state index in [9.17, 15) is 9.59 Å². The molecule has 27 heavy (non-hydrogen) atoms. The SMILES string of the molecule is O=C(COC(=O)C1C[C@H]2CCC[C@@H](C1)C21SCCS1)Nc1ccc(Cl)cn1. The van der Waals surface area contributed by atoms with Gasteiger partial charge in [-0.05, 0) is 49.7 Å². The van der Waals surface area contributed by atoms with E-state index in [-0.39, 0.29) is 24.4 Å². The molecule has 1 aliphatic heterocycles. The van der Waals surface area contributed by atoms with Crippen molar-refractivity contribution in [2.24, 2.45) is 17.8 Å². The van der Waals surface area contributed by atoms with Crippen LogP contribution in [0, 0.1) is 17.8 Å². The molecule has 1 N–H and O–H groups in total. The molecule has 1 saturated heterocycles. The number of hydrogen-bond donors (Lipinski definition) is 1. The molecule has 146 valence electrons. The molecule has 8 heteroatoms. The maximum Gasteiger partial charge on any atom is 0.309 e. The molecular formula is C19H23ClN2O3S2. The van der Waals surface area contributed by atoms with E-state index in [1.54, 1.807) is 12.1 Å². The Morgan fingerprint density at radius 3 is 2.56 bits per heavy atom. The summed E-state index contributed by atoms with van der Waals surface area (Å²) in [5.41, 5.74) is 0. The van der Waals surface area contributed by atoms with Crippen molar-refractivity contribution in [1.82, 2.24) is 4.98 Å². The fourth-order valence-electron chi connectivity index (χ4n) is 4.68. The molecule has 1 spiro atoms. The third-order valence-corrected chi connectivity index (χ3v) is 10.0. The van der Waals surface area contributed by atoms with Crippen molar-refractivity contribution in [2.45, 2.75) is 36.2 Å². The Morgan fingerprint density at radius 2 is 1.93 bits per heavy atom. The van der Waals surface area contributed by atoms with Gasteiger partial charge in [0.15, 0.2) is 6.61 Å². The van der Waals surface area contributed by atoms with Crippen LogP contribution in [0.3, 0.4) is 0 Å². The van der Waals surface area contributed by atoms with Crippen LogP contribution in [0.15, 0.2) is 18.3 Å². The number of nitrogens with one attached hydrogen (secondary N) is 1. The fourth-order valence-corrected chi connectivity index (χ4v) is 8.73. The van der Waals surface area contributed by atoms with Gasteiger partial charge < -0.3 is 10.1 Å². The van der Waals surface area contributed by atoms with Crippen LogP contribution < -0.4 is 5.32 Å². The summed E-state index contributed by atoms with van der Waals surface area (Å²) in [7, 11) is 0. The predicted molar refractivity (Wildman–Crippen MR) is 110 cm³/mol. The standard InChI is InChI=1S/C19H23ClN2O3S2/c20-15-4-5-16(21-10-15)22-17(23)11-25-18(24)12-8-13-2-1-3-14(9-12)19(13)26-6-7-27-19/h4-5,10,12-14H,1-3,6-9,11H2,(H,21,22,23)/t12?,13-,14+. The van der Waals surface area contributed by atoms with Crippen LogP contribution in [0.4, 0.5) is 5.82 Å². The highest BCUT2D eigenvalue weighted by atomic mass is 35.5. The number of aromatic nitrogens is 1. The van der Waals surface area contributed by atoms with Gasteiger partial charge >= 0.3 is 5.97 Å². The summed E-state index contributed by atoms with van der Waals surface area (Å²) in [5, 5.41) is 3.11. The summed E-state index contributed by atoms with van der Waals surface area (Å²) in [6, 6.07) is 3.26. The molecule has 0 radical (unpaired) electrons. The highest BCUT2D eigenvalue weighted by Crippen LogP contribution is 2.64. The molecule has 2 bridgehead atoms. The van der Waals surface area contributed by atoms with Crippen LogP contribution in [0.2, 0.25) is 5.02 Å². The largest absolute Gasteiger partial charge is 0.455 e. The predicted octanol–water partition coefficient (Wildman–Crippen LogP) is 4.22. The zero-order chi connectivity index (χ0) is 18.9. The van der Waals surface area contributed by atoms with E-state index in [1.165, 1.54) is 37.0 Å². The average Bonchev–Trinajstić information content (AvgIpc) is 3.11. The van der Waals surface area contributed by atoms with Gasteiger partial charge in [0.25, 0.3) is 5.91 Å². The highest BCUT2D eigenvalue weighted by molar-refractivity contribution is 8.21. The first-order valence-corrected chi connectivity index (χ1v) is 11.8. The number of rotatable bonds is 4. The van der Waals surface area contributed by atoms with Crippen LogP contribution in [0.5, 0.6) is 0 Å². The molecule has 1 aromatic rings. The molecule has 5 nitrogen and oxygen atoms in total. The number of hydrogen-bond acceptors (Lipinski definition) is 6. The molecule has 2 aliphatic carbocycles.